The molecule has 0 spiro atoms. The lowest BCUT2D eigenvalue weighted by molar-refractivity contribution is -0.137. The van der Waals surface area contributed by atoms with Crippen molar-refractivity contribution >= 4 is 11.8 Å². The molecule has 0 radical (unpaired) electrons. The van der Waals surface area contributed by atoms with Gasteiger partial charge in [0.2, 0.25) is 0 Å². The second-order valence-corrected chi connectivity index (χ2v) is 8.55. The lowest BCUT2D eigenvalue weighted by Crippen LogP contribution is -1.98. The Morgan fingerprint density at radius 3 is 1.07 bits per heavy atom. The quantitative estimate of drug-likeness (QED) is 0.177. The molecule has 0 fully saturated rings. The molecule has 0 aliphatic carbocycles. The van der Waals surface area contributed by atoms with Crippen LogP contribution in [0.3, 0.4) is 0 Å². The van der Waals surface area contributed by atoms with E-state index in [-0.39, 0.29) is 6.42 Å². The van der Waals surface area contributed by atoms with Crippen LogP contribution >= 0.6 is 0 Å². The molecule has 0 unspecified atom stereocenters. The first-order valence-electron chi connectivity index (χ1n) is 12.4. The maximum absolute atomic E-state index is 11.8. The van der Waals surface area contributed by atoms with Gasteiger partial charge in [0.25, 0.3) is 0 Å². The van der Waals surface area contributed by atoms with Crippen LogP contribution in [0.5, 0.6) is 0 Å². The van der Waals surface area contributed by atoms with Crippen molar-refractivity contribution in [1.29, 1.82) is 0 Å². The van der Waals surface area contributed by atoms with E-state index < -0.39 is 5.97 Å². The van der Waals surface area contributed by atoms with Crippen LogP contribution in [0, 0.1) is 0 Å². The Labute approximate surface area is 175 Å². The Hall–Kier alpha value is -0.860. The molecule has 0 saturated carbocycles. The van der Waals surface area contributed by atoms with Gasteiger partial charge in [-0.3, -0.25) is 9.59 Å². The van der Waals surface area contributed by atoms with Crippen molar-refractivity contribution < 1.29 is 14.7 Å². The molecule has 0 heterocycles. The number of hydrogen-bond acceptors (Lipinski definition) is 2. The molecule has 0 aliphatic heterocycles. The first-order valence-corrected chi connectivity index (χ1v) is 12.4. The van der Waals surface area contributed by atoms with Crippen molar-refractivity contribution in [2.45, 2.75) is 148 Å². The number of unbranched alkanes of at least 4 members (excludes halogenated alkanes) is 17. The average Bonchev–Trinajstić information content (AvgIpc) is 2.67. The molecule has 0 aromatic carbocycles. The second-order valence-electron chi connectivity index (χ2n) is 8.55. The molecule has 0 amide bonds. The van der Waals surface area contributed by atoms with Crippen LogP contribution < -0.4 is 0 Å². The standard InChI is InChI=1S/C25H48O3/c1-2-3-4-5-6-7-8-9-10-11-12-13-14-15-18-21-24(26)22-19-16-17-20-23-25(27)28/h2-23H2,1H3,(H,27,28). The Morgan fingerprint density at radius 2 is 0.750 bits per heavy atom. The van der Waals surface area contributed by atoms with Gasteiger partial charge in [-0.2, -0.15) is 0 Å². The third kappa shape index (κ3) is 23.2. The maximum atomic E-state index is 11.8. The zero-order valence-corrected chi connectivity index (χ0v) is 18.8. The second kappa shape index (κ2) is 22.4. The lowest BCUT2D eigenvalue weighted by atomic mass is 10.0. The predicted octanol–water partition coefficient (Wildman–Crippen LogP) is 8.24. The van der Waals surface area contributed by atoms with Crippen LogP contribution in [0.25, 0.3) is 0 Å². The summed E-state index contributed by atoms with van der Waals surface area (Å²) in [4.78, 5) is 22.2. The van der Waals surface area contributed by atoms with Crippen molar-refractivity contribution in [3.8, 4) is 0 Å². The first kappa shape index (κ1) is 27.1. The minimum atomic E-state index is -0.718. The summed E-state index contributed by atoms with van der Waals surface area (Å²) in [5, 5.41) is 8.57. The van der Waals surface area contributed by atoms with E-state index in [9.17, 15) is 9.59 Å². The van der Waals surface area contributed by atoms with E-state index in [1.165, 1.54) is 89.9 Å². The first-order chi connectivity index (χ1) is 13.7. The SMILES string of the molecule is CCCCCCCCCCCCCCCCCC(=O)CCCCCCC(=O)O. The fourth-order valence-electron chi connectivity index (χ4n) is 3.77. The smallest absolute Gasteiger partial charge is 0.303 e. The summed E-state index contributed by atoms with van der Waals surface area (Å²) in [6, 6.07) is 0. The van der Waals surface area contributed by atoms with E-state index in [0.29, 0.717) is 12.2 Å². The summed E-state index contributed by atoms with van der Waals surface area (Å²) in [5.74, 6) is -0.322. The highest BCUT2D eigenvalue weighted by Crippen LogP contribution is 2.14. The fourth-order valence-corrected chi connectivity index (χ4v) is 3.77. The molecule has 28 heavy (non-hydrogen) atoms. The Bertz CT molecular complexity index is 352. The normalized spacial score (nSPS) is 11.0. The summed E-state index contributed by atoms with van der Waals surface area (Å²) in [7, 11) is 0. The molecule has 166 valence electrons. The molecule has 0 saturated heterocycles. The van der Waals surface area contributed by atoms with Crippen LogP contribution in [0.4, 0.5) is 0 Å². The Kier molecular flexibility index (Phi) is 21.7. The summed E-state index contributed by atoms with van der Waals surface area (Å²) in [6.45, 7) is 2.27. The highest BCUT2D eigenvalue weighted by Gasteiger charge is 2.02. The molecule has 3 heteroatoms. The maximum Gasteiger partial charge on any atom is 0.303 e. The molecule has 0 rings (SSSR count). The third-order valence-corrected chi connectivity index (χ3v) is 5.66. The van der Waals surface area contributed by atoms with Gasteiger partial charge in [0.15, 0.2) is 0 Å². The van der Waals surface area contributed by atoms with Gasteiger partial charge >= 0.3 is 5.97 Å². The minimum Gasteiger partial charge on any atom is -0.481 e. The van der Waals surface area contributed by atoms with E-state index >= 15 is 0 Å². The van der Waals surface area contributed by atoms with Crippen LogP contribution in [0.1, 0.15) is 148 Å². The highest BCUT2D eigenvalue weighted by atomic mass is 16.4. The van der Waals surface area contributed by atoms with Crippen LogP contribution in [-0.2, 0) is 9.59 Å². The summed E-state index contributed by atoms with van der Waals surface area (Å²) >= 11 is 0. The number of Topliss-reactive ketones (excluding diaryl/α,β-unsaturated/α-hetero) is 1. The van der Waals surface area contributed by atoms with Crippen molar-refractivity contribution in [2.24, 2.45) is 0 Å². The molecule has 0 aromatic heterocycles. The van der Waals surface area contributed by atoms with Gasteiger partial charge in [0.1, 0.15) is 5.78 Å². The van der Waals surface area contributed by atoms with Crippen LogP contribution in [0.15, 0.2) is 0 Å². The zero-order valence-electron chi connectivity index (χ0n) is 18.8. The van der Waals surface area contributed by atoms with Gasteiger partial charge in [-0.1, -0.05) is 110 Å². The Morgan fingerprint density at radius 1 is 0.464 bits per heavy atom. The Balaban J connectivity index is 3.14. The molecule has 0 aliphatic rings. The van der Waals surface area contributed by atoms with Gasteiger partial charge in [0.05, 0.1) is 0 Å². The van der Waals surface area contributed by atoms with Gasteiger partial charge < -0.3 is 5.11 Å². The number of aliphatic carboxylic acids is 1. The number of carbonyl (C=O) groups excluding carboxylic acids is 1. The van der Waals surface area contributed by atoms with Gasteiger partial charge in [0, 0.05) is 19.3 Å². The molecule has 3 nitrogen and oxygen atoms in total. The number of carboxylic acids is 1. The van der Waals surface area contributed by atoms with Gasteiger partial charge in [-0.15, -0.1) is 0 Å². The predicted molar refractivity (Wildman–Crippen MR) is 120 cm³/mol. The van der Waals surface area contributed by atoms with Gasteiger partial charge in [-0.25, -0.2) is 0 Å². The number of rotatable bonds is 23. The summed E-state index contributed by atoms with van der Waals surface area (Å²) < 4.78 is 0. The number of ketones is 1. The lowest BCUT2D eigenvalue weighted by Gasteiger charge is -2.04. The molecular formula is C25H48O3. The van der Waals surface area contributed by atoms with E-state index in [1.807, 2.05) is 0 Å². The highest BCUT2D eigenvalue weighted by molar-refractivity contribution is 5.78. The minimum absolute atomic E-state index is 0.257. The molecule has 0 atom stereocenters. The summed E-state index contributed by atoms with van der Waals surface area (Å²) in [6.07, 6.45) is 25.6. The van der Waals surface area contributed by atoms with Gasteiger partial charge in [-0.05, 0) is 19.3 Å². The largest absolute Gasteiger partial charge is 0.481 e. The van der Waals surface area contributed by atoms with E-state index in [4.69, 9.17) is 5.11 Å². The number of carbonyl (C=O) groups is 2. The van der Waals surface area contributed by atoms with Crippen LogP contribution in [-0.4, -0.2) is 16.9 Å². The zero-order chi connectivity index (χ0) is 20.7. The topological polar surface area (TPSA) is 54.4 Å². The third-order valence-electron chi connectivity index (χ3n) is 5.66. The number of hydrogen-bond donors (Lipinski definition) is 1. The van der Waals surface area contributed by atoms with Crippen LogP contribution in [0.2, 0.25) is 0 Å². The summed E-state index contributed by atoms with van der Waals surface area (Å²) in [5.41, 5.74) is 0. The van der Waals surface area contributed by atoms with E-state index in [2.05, 4.69) is 6.92 Å². The average molecular weight is 397 g/mol. The van der Waals surface area contributed by atoms with E-state index in [0.717, 1.165) is 38.5 Å². The molecular weight excluding hydrogens is 348 g/mol. The molecule has 1 N–H and O–H groups in total. The van der Waals surface area contributed by atoms with E-state index in [1.54, 1.807) is 0 Å². The van der Waals surface area contributed by atoms with Crippen molar-refractivity contribution in [1.82, 2.24) is 0 Å². The monoisotopic (exact) mass is 396 g/mol. The fraction of sp³-hybridized carbons (Fsp3) is 0.920. The van der Waals surface area contributed by atoms with Crippen molar-refractivity contribution in [2.75, 3.05) is 0 Å². The molecule has 0 aromatic rings. The number of carboxylic acid groups (broad SMARTS) is 1. The van der Waals surface area contributed by atoms with Crippen molar-refractivity contribution in [3.63, 3.8) is 0 Å². The molecule has 0 bridgehead atoms. The van der Waals surface area contributed by atoms with Crippen molar-refractivity contribution in [3.05, 3.63) is 0 Å².